The summed E-state index contributed by atoms with van der Waals surface area (Å²) in [5.74, 6) is -2.50. The number of benzene rings is 2. The maximum Gasteiger partial charge on any atom is 0.327 e. The number of rotatable bonds is 16. The van der Waals surface area contributed by atoms with E-state index in [1.807, 2.05) is 68.4 Å². The highest BCUT2D eigenvalue weighted by molar-refractivity contribution is 5.96. The molecule has 9 N–H and O–H groups in total. The number of carbonyl (C=O) groups excluding carboxylic acids is 5. The maximum absolute atomic E-state index is 14.0. The Balaban J connectivity index is 1.51. The van der Waals surface area contributed by atoms with Gasteiger partial charge in [0.25, 0.3) is 0 Å². The standard InChI is InChI=1S/C37H53N7O6/c1-24(2)19-29(31(45)41-28(15-9-10-17-38)33(47)44-18-16-36(39,23-44)35(49)50-3)42-32(46)30(20-25-11-5-4-6-12-25)43-34(48)37(40)21-26-13-7-8-14-27(26)22-37/h4-8,11-14,24,28-30H,9-10,15-23,38-40H2,1-3H3,(H,41,45)(H,42,46)(H,43,48)/t28-,29?,30-,36-/m1/s1. The van der Waals surface area contributed by atoms with Crippen LogP contribution in [0.5, 0.6) is 0 Å². The fraction of sp³-hybridized carbons (Fsp3) is 0.541. The molecule has 0 bridgehead atoms. The third-order valence-corrected chi connectivity index (χ3v) is 9.59. The lowest BCUT2D eigenvalue weighted by Gasteiger charge is -2.30. The molecule has 1 saturated heterocycles. The van der Waals surface area contributed by atoms with Crippen LogP contribution in [-0.4, -0.2) is 90.4 Å². The molecular weight excluding hydrogens is 638 g/mol. The van der Waals surface area contributed by atoms with Crippen molar-refractivity contribution in [3.63, 3.8) is 0 Å². The molecule has 0 radical (unpaired) electrons. The molecule has 1 aliphatic heterocycles. The van der Waals surface area contributed by atoms with Gasteiger partial charge in [0.15, 0.2) is 0 Å². The first-order valence-electron chi connectivity index (χ1n) is 17.5. The number of likely N-dealkylation sites (tertiary alicyclic amines) is 1. The summed E-state index contributed by atoms with van der Waals surface area (Å²) < 4.78 is 4.85. The molecule has 2 aromatic carbocycles. The zero-order chi connectivity index (χ0) is 36.5. The maximum atomic E-state index is 14.0. The van der Waals surface area contributed by atoms with Gasteiger partial charge in [0.1, 0.15) is 29.2 Å². The molecule has 13 heteroatoms. The molecule has 50 heavy (non-hydrogen) atoms. The van der Waals surface area contributed by atoms with Gasteiger partial charge in [0, 0.05) is 19.5 Å². The topological polar surface area (TPSA) is 212 Å². The summed E-state index contributed by atoms with van der Waals surface area (Å²) in [7, 11) is 1.25. The van der Waals surface area contributed by atoms with Gasteiger partial charge in [-0.1, -0.05) is 68.4 Å². The number of hydrogen-bond donors (Lipinski definition) is 6. The molecule has 0 saturated carbocycles. The van der Waals surface area contributed by atoms with Gasteiger partial charge in [0.2, 0.25) is 23.6 Å². The lowest BCUT2D eigenvalue weighted by atomic mass is 9.94. The van der Waals surface area contributed by atoms with Gasteiger partial charge in [-0.05, 0) is 74.1 Å². The lowest BCUT2D eigenvalue weighted by molar-refractivity contribution is -0.147. The second kappa shape index (κ2) is 17.1. The number of nitrogens with zero attached hydrogens (tertiary/aromatic N) is 1. The summed E-state index contributed by atoms with van der Waals surface area (Å²) in [6.07, 6.45) is 2.89. The van der Waals surface area contributed by atoms with Crippen LogP contribution < -0.4 is 33.2 Å². The Bertz CT molecular complexity index is 1490. The van der Waals surface area contributed by atoms with E-state index in [0.29, 0.717) is 38.6 Å². The Hall–Kier alpha value is -4.33. The Morgan fingerprint density at radius 1 is 0.820 bits per heavy atom. The first-order chi connectivity index (χ1) is 23.8. The van der Waals surface area contributed by atoms with Crippen LogP contribution in [0.25, 0.3) is 0 Å². The van der Waals surface area contributed by atoms with E-state index in [1.54, 1.807) is 0 Å². The van der Waals surface area contributed by atoms with Crippen molar-refractivity contribution in [1.82, 2.24) is 20.9 Å². The van der Waals surface area contributed by atoms with Crippen molar-refractivity contribution in [2.45, 2.75) is 94.4 Å². The molecule has 0 spiro atoms. The number of hydrogen-bond acceptors (Lipinski definition) is 9. The number of nitrogens with two attached hydrogens (primary N) is 3. The van der Waals surface area contributed by atoms with E-state index in [2.05, 4.69) is 16.0 Å². The van der Waals surface area contributed by atoms with Crippen LogP contribution in [0.1, 0.15) is 62.6 Å². The number of methoxy groups -OCH3 is 1. The first kappa shape index (κ1) is 38.5. The van der Waals surface area contributed by atoms with Crippen LogP contribution in [0.4, 0.5) is 0 Å². The Labute approximate surface area is 294 Å². The summed E-state index contributed by atoms with van der Waals surface area (Å²) in [4.78, 5) is 69.2. The Morgan fingerprint density at radius 3 is 2.02 bits per heavy atom. The molecule has 272 valence electrons. The summed E-state index contributed by atoms with van der Waals surface area (Å²) in [6, 6.07) is 14.0. The number of amides is 4. The van der Waals surface area contributed by atoms with E-state index >= 15 is 0 Å². The second-order valence-electron chi connectivity index (χ2n) is 14.2. The van der Waals surface area contributed by atoms with Crippen LogP contribution in [0.2, 0.25) is 0 Å². The minimum atomic E-state index is -1.33. The van der Waals surface area contributed by atoms with Crippen molar-refractivity contribution in [3.8, 4) is 0 Å². The normalized spacial score (nSPS) is 19.6. The van der Waals surface area contributed by atoms with Crippen molar-refractivity contribution in [3.05, 3.63) is 71.3 Å². The second-order valence-corrected chi connectivity index (χ2v) is 14.2. The number of carbonyl (C=O) groups is 5. The zero-order valence-corrected chi connectivity index (χ0v) is 29.4. The Kier molecular flexibility index (Phi) is 13.1. The zero-order valence-electron chi connectivity index (χ0n) is 29.4. The molecule has 2 aromatic rings. The number of nitrogens with one attached hydrogen (secondary N) is 3. The highest BCUT2D eigenvalue weighted by atomic mass is 16.5. The average Bonchev–Trinajstić information content (AvgIpc) is 3.67. The average molecular weight is 692 g/mol. The van der Waals surface area contributed by atoms with E-state index in [0.717, 1.165) is 16.7 Å². The van der Waals surface area contributed by atoms with Gasteiger partial charge in [0.05, 0.1) is 7.11 Å². The molecule has 2 aliphatic rings. The number of ether oxygens (including phenoxy) is 1. The van der Waals surface area contributed by atoms with Crippen molar-refractivity contribution in [1.29, 1.82) is 0 Å². The summed E-state index contributed by atoms with van der Waals surface area (Å²) >= 11 is 0. The van der Waals surface area contributed by atoms with Crippen molar-refractivity contribution in [2.24, 2.45) is 23.1 Å². The molecular formula is C37H53N7O6. The molecule has 1 aliphatic carbocycles. The fourth-order valence-corrected chi connectivity index (χ4v) is 6.78. The third-order valence-electron chi connectivity index (χ3n) is 9.59. The quantitative estimate of drug-likeness (QED) is 0.106. The van der Waals surface area contributed by atoms with E-state index in [4.69, 9.17) is 21.9 Å². The smallest absolute Gasteiger partial charge is 0.327 e. The molecule has 4 atom stereocenters. The van der Waals surface area contributed by atoms with Gasteiger partial charge >= 0.3 is 5.97 Å². The predicted octanol–water partition coefficient (Wildman–Crippen LogP) is 0.458. The molecule has 1 heterocycles. The minimum absolute atomic E-state index is 0.000375. The van der Waals surface area contributed by atoms with Crippen molar-refractivity contribution >= 4 is 29.6 Å². The van der Waals surface area contributed by atoms with E-state index < -0.39 is 52.9 Å². The van der Waals surface area contributed by atoms with E-state index in [-0.39, 0.29) is 44.2 Å². The summed E-state index contributed by atoms with van der Waals surface area (Å²) in [6.45, 7) is 4.46. The highest BCUT2D eigenvalue weighted by Gasteiger charge is 2.45. The van der Waals surface area contributed by atoms with Gasteiger partial charge in [-0.25, -0.2) is 4.79 Å². The molecule has 1 unspecified atom stereocenters. The van der Waals surface area contributed by atoms with Crippen molar-refractivity contribution in [2.75, 3.05) is 26.7 Å². The van der Waals surface area contributed by atoms with Crippen LogP contribution in [0.15, 0.2) is 54.6 Å². The Morgan fingerprint density at radius 2 is 1.42 bits per heavy atom. The van der Waals surface area contributed by atoms with Gasteiger partial charge < -0.3 is 42.8 Å². The largest absolute Gasteiger partial charge is 0.468 e. The van der Waals surface area contributed by atoms with Gasteiger partial charge in [-0.15, -0.1) is 0 Å². The predicted molar refractivity (Wildman–Crippen MR) is 189 cm³/mol. The number of esters is 1. The van der Waals surface area contributed by atoms with E-state index in [1.165, 1.54) is 12.0 Å². The van der Waals surface area contributed by atoms with Crippen LogP contribution in [-0.2, 0) is 48.0 Å². The molecule has 4 rings (SSSR count). The van der Waals surface area contributed by atoms with Crippen LogP contribution in [0.3, 0.4) is 0 Å². The molecule has 0 aromatic heterocycles. The van der Waals surface area contributed by atoms with Gasteiger partial charge in [-0.3, -0.25) is 19.2 Å². The van der Waals surface area contributed by atoms with Crippen molar-refractivity contribution < 1.29 is 28.7 Å². The SMILES string of the molecule is COC(=O)[C@@]1(N)CCN(C(=O)[C@@H](CCCCN)NC(=O)C(CC(C)C)NC(=O)[C@@H](Cc2ccccc2)NC(=O)C2(N)Cc3ccccc3C2)C1. The van der Waals surface area contributed by atoms with Gasteiger partial charge in [-0.2, -0.15) is 0 Å². The number of unbranched alkanes of at least 4 members (excludes halogenated alkanes) is 1. The third kappa shape index (κ3) is 9.67. The fourth-order valence-electron chi connectivity index (χ4n) is 6.78. The minimum Gasteiger partial charge on any atom is -0.468 e. The molecule has 4 amide bonds. The molecule has 1 fully saturated rings. The monoisotopic (exact) mass is 691 g/mol. The summed E-state index contributed by atoms with van der Waals surface area (Å²) in [5.41, 5.74) is 18.9. The highest BCUT2D eigenvalue weighted by Crippen LogP contribution is 2.29. The van der Waals surface area contributed by atoms with Crippen LogP contribution in [0, 0.1) is 5.92 Å². The lowest BCUT2D eigenvalue weighted by Crippen LogP contribution is -2.61. The summed E-state index contributed by atoms with van der Waals surface area (Å²) in [5, 5.41) is 8.65. The van der Waals surface area contributed by atoms with E-state index in [9.17, 15) is 24.0 Å². The first-order valence-corrected chi connectivity index (χ1v) is 17.5. The van der Waals surface area contributed by atoms with Crippen LogP contribution >= 0.6 is 0 Å². The molecule has 13 nitrogen and oxygen atoms in total. The number of fused-ring (bicyclic) bond motifs is 1.